The second-order valence-electron chi connectivity index (χ2n) is 2.99. The summed E-state index contributed by atoms with van der Waals surface area (Å²) >= 11 is 11.1. The maximum Gasteiger partial charge on any atom is 0.232 e. The molecule has 88 valence electrons. The molecule has 2 rings (SSSR count). The van der Waals surface area contributed by atoms with Crippen molar-refractivity contribution in [3.63, 3.8) is 0 Å². The van der Waals surface area contributed by atoms with Crippen LogP contribution in [-0.4, -0.2) is 20.1 Å². The first-order chi connectivity index (χ1) is 8.04. The summed E-state index contributed by atoms with van der Waals surface area (Å²) in [4.78, 5) is 11.1. The molecule has 2 N–H and O–H groups in total. The maximum atomic E-state index is 13.0. The van der Waals surface area contributed by atoms with Crippen LogP contribution in [0, 0.1) is 5.82 Å². The van der Waals surface area contributed by atoms with Gasteiger partial charge in [0.25, 0.3) is 0 Å². The molecule has 0 aliphatic heterocycles. The largest absolute Gasteiger partial charge is 0.505 e. The van der Waals surface area contributed by atoms with Crippen LogP contribution >= 0.6 is 23.2 Å². The van der Waals surface area contributed by atoms with Crippen molar-refractivity contribution in [2.24, 2.45) is 0 Å². The van der Waals surface area contributed by atoms with Crippen molar-refractivity contribution in [2.75, 3.05) is 5.32 Å². The molecule has 0 unspecified atom stereocenters. The van der Waals surface area contributed by atoms with Crippen LogP contribution in [0.1, 0.15) is 0 Å². The molecule has 17 heavy (non-hydrogen) atoms. The Morgan fingerprint density at radius 3 is 2.35 bits per heavy atom. The molecule has 1 aromatic carbocycles. The Morgan fingerprint density at radius 1 is 1.12 bits per heavy atom. The summed E-state index contributed by atoms with van der Waals surface area (Å²) in [7, 11) is 0. The molecule has 0 spiro atoms. The van der Waals surface area contributed by atoms with Crippen molar-refractivity contribution in [2.45, 2.75) is 0 Å². The lowest BCUT2D eigenvalue weighted by atomic mass is 10.3. The molecular weight excluding hydrogens is 270 g/mol. The molecule has 5 nitrogen and oxygen atoms in total. The topological polar surface area (TPSA) is 70.9 Å². The van der Waals surface area contributed by atoms with E-state index in [0.717, 1.165) is 6.07 Å². The van der Waals surface area contributed by atoms with Crippen LogP contribution in [0.15, 0.2) is 18.2 Å². The van der Waals surface area contributed by atoms with Crippen molar-refractivity contribution in [1.82, 2.24) is 15.0 Å². The number of rotatable bonds is 2. The minimum absolute atomic E-state index is 0.0771. The van der Waals surface area contributed by atoms with Gasteiger partial charge in [0.05, 0.1) is 0 Å². The normalized spacial score (nSPS) is 10.3. The Kier molecular flexibility index (Phi) is 3.26. The highest BCUT2D eigenvalue weighted by atomic mass is 35.5. The van der Waals surface area contributed by atoms with E-state index >= 15 is 0 Å². The van der Waals surface area contributed by atoms with Crippen molar-refractivity contribution in [3.8, 4) is 5.75 Å². The summed E-state index contributed by atoms with van der Waals surface area (Å²) in [5, 5.41) is 11.5. The molecule has 1 aromatic heterocycles. The molecular formula is C9H5Cl2FN4O. The second-order valence-corrected chi connectivity index (χ2v) is 3.66. The predicted octanol–water partition coefficient (Wildman–Crippen LogP) is 2.77. The predicted molar refractivity (Wildman–Crippen MR) is 61.2 cm³/mol. The zero-order chi connectivity index (χ0) is 12.4. The number of benzene rings is 1. The first kappa shape index (κ1) is 11.8. The molecule has 1 heterocycles. The van der Waals surface area contributed by atoms with Crippen LogP contribution in [0.2, 0.25) is 10.6 Å². The number of nitrogens with one attached hydrogen (secondary N) is 1. The van der Waals surface area contributed by atoms with Gasteiger partial charge in [0.1, 0.15) is 0 Å². The lowest BCUT2D eigenvalue weighted by molar-refractivity contribution is 0.432. The number of phenols is 1. The average Bonchev–Trinajstić information content (AvgIpc) is 2.22. The molecule has 0 saturated heterocycles. The van der Waals surface area contributed by atoms with E-state index in [2.05, 4.69) is 20.3 Å². The van der Waals surface area contributed by atoms with Crippen LogP contribution in [0.3, 0.4) is 0 Å². The van der Waals surface area contributed by atoms with Gasteiger partial charge in [0, 0.05) is 11.8 Å². The molecule has 2 aromatic rings. The zero-order valence-corrected chi connectivity index (χ0v) is 9.67. The Hall–Kier alpha value is -1.66. The molecule has 0 aliphatic carbocycles. The number of aromatic nitrogens is 3. The fraction of sp³-hybridized carbons (Fsp3) is 0. The van der Waals surface area contributed by atoms with Crippen LogP contribution in [0.4, 0.5) is 16.0 Å². The number of hydrogen-bond donors (Lipinski definition) is 2. The smallest absolute Gasteiger partial charge is 0.232 e. The first-order valence-electron chi connectivity index (χ1n) is 4.37. The molecule has 0 amide bonds. The number of phenolic OH excluding ortho intramolecular Hbond substituents is 1. The van der Waals surface area contributed by atoms with E-state index < -0.39 is 11.6 Å². The summed E-state index contributed by atoms with van der Waals surface area (Å²) in [5.74, 6) is -1.12. The standard InChI is InChI=1S/C9H5Cl2FN4O/c10-7-14-8(11)16-9(15-7)13-4-1-2-6(17)5(12)3-4/h1-3,17H,(H,13,14,15,16). The van der Waals surface area contributed by atoms with Gasteiger partial charge in [-0.25, -0.2) is 4.39 Å². The van der Waals surface area contributed by atoms with Gasteiger partial charge < -0.3 is 10.4 Å². The van der Waals surface area contributed by atoms with E-state index in [-0.39, 0.29) is 16.5 Å². The molecule has 0 aliphatic rings. The number of nitrogens with zero attached hydrogens (tertiary/aromatic N) is 3. The summed E-state index contributed by atoms with van der Waals surface area (Å²) in [5.41, 5.74) is 0.346. The Balaban J connectivity index is 2.28. The van der Waals surface area contributed by atoms with Gasteiger partial charge in [-0.15, -0.1) is 0 Å². The number of hydrogen-bond acceptors (Lipinski definition) is 5. The monoisotopic (exact) mass is 274 g/mol. The van der Waals surface area contributed by atoms with Crippen molar-refractivity contribution < 1.29 is 9.50 Å². The lowest BCUT2D eigenvalue weighted by Crippen LogP contribution is -1.99. The fourth-order valence-electron chi connectivity index (χ4n) is 1.10. The highest BCUT2D eigenvalue weighted by molar-refractivity contribution is 6.31. The molecule has 0 saturated carbocycles. The van der Waals surface area contributed by atoms with E-state index in [4.69, 9.17) is 28.3 Å². The Bertz CT molecular complexity index is 546. The SMILES string of the molecule is Oc1ccc(Nc2nc(Cl)nc(Cl)n2)cc1F. The van der Waals surface area contributed by atoms with E-state index in [1.54, 1.807) is 0 Å². The third-order valence-electron chi connectivity index (χ3n) is 1.78. The van der Waals surface area contributed by atoms with Crippen molar-refractivity contribution >= 4 is 34.8 Å². The van der Waals surface area contributed by atoms with Gasteiger partial charge in [0.2, 0.25) is 16.5 Å². The van der Waals surface area contributed by atoms with Crippen LogP contribution in [-0.2, 0) is 0 Å². The summed E-state index contributed by atoms with van der Waals surface area (Å²) in [6, 6.07) is 3.73. The summed E-state index contributed by atoms with van der Waals surface area (Å²) in [6.45, 7) is 0. The zero-order valence-electron chi connectivity index (χ0n) is 8.15. The number of halogens is 3. The third-order valence-corrected chi connectivity index (χ3v) is 2.12. The van der Waals surface area contributed by atoms with Crippen LogP contribution < -0.4 is 5.32 Å². The van der Waals surface area contributed by atoms with Gasteiger partial charge in [-0.3, -0.25) is 0 Å². The molecule has 0 radical (unpaired) electrons. The van der Waals surface area contributed by atoms with Gasteiger partial charge in [-0.2, -0.15) is 15.0 Å². The van der Waals surface area contributed by atoms with Gasteiger partial charge >= 0.3 is 0 Å². The van der Waals surface area contributed by atoms with Crippen molar-refractivity contribution in [1.29, 1.82) is 0 Å². The maximum absolute atomic E-state index is 13.0. The highest BCUT2D eigenvalue weighted by Gasteiger charge is 2.05. The second kappa shape index (κ2) is 4.68. The average molecular weight is 275 g/mol. The Labute approximate surface area is 105 Å². The number of anilines is 2. The van der Waals surface area contributed by atoms with Crippen molar-refractivity contribution in [3.05, 3.63) is 34.6 Å². The molecule has 8 heteroatoms. The summed E-state index contributed by atoms with van der Waals surface area (Å²) in [6.07, 6.45) is 0. The summed E-state index contributed by atoms with van der Waals surface area (Å²) < 4.78 is 13.0. The minimum Gasteiger partial charge on any atom is -0.505 e. The lowest BCUT2D eigenvalue weighted by Gasteiger charge is -2.05. The molecule has 0 fully saturated rings. The number of aromatic hydroxyl groups is 1. The van der Waals surface area contributed by atoms with E-state index in [1.807, 2.05) is 0 Å². The third kappa shape index (κ3) is 2.92. The van der Waals surface area contributed by atoms with Gasteiger partial charge in [0.15, 0.2) is 11.6 Å². The van der Waals surface area contributed by atoms with Gasteiger partial charge in [-0.1, -0.05) is 0 Å². The van der Waals surface area contributed by atoms with Crippen LogP contribution in [0.5, 0.6) is 5.75 Å². The van der Waals surface area contributed by atoms with Gasteiger partial charge in [-0.05, 0) is 35.3 Å². The first-order valence-corrected chi connectivity index (χ1v) is 5.13. The Morgan fingerprint density at radius 2 is 1.76 bits per heavy atom. The molecule has 0 bridgehead atoms. The highest BCUT2D eigenvalue weighted by Crippen LogP contribution is 2.22. The minimum atomic E-state index is -0.763. The van der Waals surface area contributed by atoms with Crippen LogP contribution in [0.25, 0.3) is 0 Å². The van der Waals surface area contributed by atoms with E-state index in [1.165, 1.54) is 12.1 Å². The fourth-order valence-corrected chi connectivity index (χ4v) is 1.46. The van der Waals surface area contributed by atoms with E-state index in [9.17, 15) is 4.39 Å². The van der Waals surface area contributed by atoms with E-state index in [0.29, 0.717) is 5.69 Å². The quantitative estimate of drug-likeness (QED) is 0.824. The molecule has 0 atom stereocenters.